The lowest BCUT2D eigenvalue weighted by molar-refractivity contribution is 0.778. The molecule has 0 radical (unpaired) electrons. The van der Waals surface area contributed by atoms with Crippen molar-refractivity contribution in [1.82, 2.24) is 34.7 Å². The van der Waals surface area contributed by atoms with Gasteiger partial charge in [0, 0.05) is 34.4 Å². The Labute approximate surface area is 208 Å². The second-order valence-electron chi connectivity index (χ2n) is 9.33. The minimum atomic E-state index is 0.336. The average Bonchev–Trinajstić information content (AvgIpc) is 3.61. The smallest absolute Gasteiger partial charge is 0.116 e. The zero-order chi connectivity index (χ0) is 24.8. The molecule has 8 heteroatoms. The highest BCUT2D eigenvalue weighted by Gasteiger charge is 2.15. The van der Waals surface area contributed by atoms with Crippen molar-refractivity contribution >= 4 is 27.5 Å². The summed E-state index contributed by atoms with van der Waals surface area (Å²) in [6, 6.07) is 10.5. The first kappa shape index (κ1) is 21.8. The molecule has 0 aliphatic rings. The molecule has 0 amide bonds. The van der Waals surface area contributed by atoms with E-state index >= 15 is 0 Å². The molecule has 0 unspecified atom stereocenters. The van der Waals surface area contributed by atoms with E-state index < -0.39 is 0 Å². The third-order valence-corrected chi connectivity index (χ3v) is 6.41. The van der Waals surface area contributed by atoms with Gasteiger partial charge in [-0.05, 0) is 42.7 Å². The molecular formula is C28H26N8. The van der Waals surface area contributed by atoms with E-state index in [1.54, 1.807) is 0 Å². The van der Waals surface area contributed by atoms with Crippen LogP contribution in [0.2, 0.25) is 0 Å². The Kier molecular flexibility index (Phi) is 5.14. The van der Waals surface area contributed by atoms with Gasteiger partial charge in [-0.1, -0.05) is 26.5 Å². The minimum Gasteiger partial charge on any atom is -0.358 e. The Hall–Kier alpha value is -4.72. The number of hydrogen-bond donors (Lipinski definition) is 3. The number of benzene rings is 1. The lowest BCUT2D eigenvalue weighted by atomic mass is 10.0. The molecule has 6 rings (SSSR count). The normalized spacial score (nSPS) is 11.6. The van der Waals surface area contributed by atoms with Crippen LogP contribution in [0.5, 0.6) is 0 Å². The van der Waals surface area contributed by atoms with Crippen LogP contribution in [0.3, 0.4) is 0 Å². The molecule has 36 heavy (non-hydrogen) atoms. The molecule has 3 N–H and O–H groups in total. The Balaban J connectivity index is 1.41. The molecule has 1 aromatic carbocycles. The number of hydrogen-bond acceptors (Lipinski definition) is 5. The van der Waals surface area contributed by atoms with Crippen molar-refractivity contribution < 1.29 is 0 Å². The van der Waals surface area contributed by atoms with Gasteiger partial charge in [0.25, 0.3) is 0 Å². The first-order chi connectivity index (χ1) is 17.5. The Morgan fingerprint density at radius 1 is 0.972 bits per heavy atom. The summed E-state index contributed by atoms with van der Waals surface area (Å²) in [6.07, 6.45) is 11.2. The second-order valence-corrected chi connectivity index (χ2v) is 9.33. The predicted molar refractivity (Wildman–Crippen MR) is 144 cm³/mol. The maximum atomic E-state index is 4.64. The number of imidazole rings is 1. The lowest BCUT2D eigenvalue weighted by Gasteiger charge is -2.13. The maximum absolute atomic E-state index is 4.64. The van der Waals surface area contributed by atoms with Crippen molar-refractivity contribution in [2.24, 2.45) is 5.92 Å². The first-order valence-electron chi connectivity index (χ1n) is 11.8. The lowest BCUT2D eigenvalue weighted by Crippen LogP contribution is -2.04. The second kappa shape index (κ2) is 8.49. The monoisotopic (exact) mass is 474 g/mol. The summed E-state index contributed by atoms with van der Waals surface area (Å²) in [5.74, 6) is 0.336. The van der Waals surface area contributed by atoms with Gasteiger partial charge in [0.2, 0.25) is 0 Å². The number of aryl methyl sites for hydroxylation is 1. The number of pyridine rings is 2. The molecule has 5 aromatic heterocycles. The van der Waals surface area contributed by atoms with Crippen molar-refractivity contribution in [3.8, 4) is 28.2 Å². The first-order valence-corrected chi connectivity index (χ1v) is 11.8. The molecule has 0 saturated heterocycles. The number of aromatic amines is 2. The van der Waals surface area contributed by atoms with Gasteiger partial charge in [0.15, 0.2) is 0 Å². The minimum absolute atomic E-state index is 0.336. The molecule has 6 aromatic rings. The molecular weight excluding hydrogens is 448 g/mol. The Bertz CT molecular complexity index is 1730. The molecule has 8 nitrogen and oxygen atoms in total. The fourth-order valence-electron chi connectivity index (χ4n) is 4.32. The van der Waals surface area contributed by atoms with E-state index in [9.17, 15) is 0 Å². The van der Waals surface area contributed by atoms with E-state index in [0.717, 1.165) is 67.1 Å². The van der Waals surface area contributed by atoms with Crippen LogP contribution in [0.15, 0.2) is 79.9 Å². The van der Waals surface area contributed by atoms with E-state index in [1.807, 2.05) is 48.8 Å². The fourth-order valence-corrected chi connectivity index (χ4v) is 4.32. The highest BCUT2D eigenvalue weighted by atomic mass is 15.1. The number of nitrogens with zero attached hydrogens (tertiary/aromatic N) is 5. The highest BCUT2D eigenvalue weighted by Crippen LogP contribution is 2.33. The number of allylic oxidation sites excluding steroid dienone is 1. The summed E-state index contributed by atoms with van der Waals surface area (Å²) < 4.78 is 1.99. The van der Waals surface area contributed by atoms with E-state index in [0.29, 0.717) is 5.92 Å². The van der Waals surface area contributed by atoms with Crippen LogP contribution in [0.4, 0.5) is 5.69 Å². The van der Waals surface area contributed by atoms with E-state index in [-0.39, 0.29) is 0 Å². The number of anilines is 1. The van der Waals surface area contributed by atoms with Gasteiger partial charge < -0.3 is 14.9 Å². The van der Waals surface area contributed by atoms with Gasteiger partial charge in [-0.2, -0.15) is 5.10 Å². The van der Waals surface area contributed by atoms with Gasteiger partial charge in [-0.3, -0.25) is 15.1 Å². The maximum Gasteiger partial charge on any atom is 0.116 e. The van der Waals surface area contributed by atoms with E-state index in [1.165, 1.54) is 0 Å². The number of rotatable bonds is 6. The van der Waals surface area contributed by atoms with Crippen LogP contribution in [0.1, 0.15) is 19.5 Å². The van der Waals surface area contributed by atoms with Gasteiger partial charge in [0.1, 0.15) is 5.69 Å². The molecule has 0 fully saturated rings. The molecule has 5 heterocycles. The SMILES string of the molecule is C=C(Nc1cncc(-c2ccc3[nH]nc(-c4cc5c(-n6cnc(C)c6)cncc5[nH]4)c3c2)c1)C(C)C. The van der Waals surface area contributed by atoms with Crippen LogP contribution in [0.25, 0.3) is 50.0 Å². The van der Waals surface area contributed by atoms with Crippen LogP contribution in [-0.2, 0) is 0 Å². The third kappa shape index (κ3) is 3.82. The summed E-state index contributed by atoms with van der Waals surface area (Å²) in [6.45, 7) is 10.3. The average molecular weight is 475 g/mol. The predicted octanol–water partition coefficient (Wildman–Crippen LogP) is 6.24. The van der Waals surface area contributed by atoms with Crippen molar-refractivity contribution in [2.75, 3.05) is 5.32 Å². The van der Waals surface area contributed by atoms with Crippen LogP contribution in [0, 0.1) is 12.8 Å². The highest BCUT2D eigenvalue weighted by molar-refractivity contribution is 5.99. The summed E-state index contributed by atoms with van der Waals surface area (Å²) in [4.78, 5) is 16.7. The van der Waals surface area contributed by atoms with Crippen molar-refractivity contribution in [1.29, 1.82) is 0 Å². The number of fused-ring (bicyclic) bond motifs is 2. The Morgan fingerprint density at radius 3 is 2.64 bits per heavy atom. The van der Waals surface area contributed by atoms with Crippen LogP contribution in [-0.4, -0.2) is 34.7 Å². The van der Waals surface area contributed by atoms with Crippen molar-refractivity contribution in [3.63, 3.8) is 0 Å². The Morgan fingerprint density at radius 2 is 1.83 bits per heavy atom. The standard InChI is InChI=1S/C28H26N8/c1-16(2)18(4)32-21-7-20(10-29-11-21)19-5-6-24-23(8-19)28(35-34-24)25-9-22-26(33-25)12-30-13-27(22)36-14-17(3)31-15-36/h5-16,32-33H,4H2,1-3H3,(H,34,35). The van der Waals surface area contributed by atoms with Gasteiger partial charge >= 0.3 is 0 Å². The molecule has 0 atom stereocenters. The molecule has 0 bridgehead atoms. The topological polar surface area (TPSA) is 100 Å². The number of aromatic nitrogens is 7. The number of nitrogens with one attached hydrogen (secondary N) is 3. The quantitative estimate of drug-likeness (QED) is 0.265. The van der Waals surface area contributed by atoms with Crippen molar-refractivity contribution in [3.05, 3.63) is 85.6 Å². The summed E-state index contributed by atoms with van der Waals surface area (Å²) >= 11 is 0. The summed E-state index contributed by atoms with van der Waals surface area (Å²) in [7, 11) is 0. The third-order valence-electron chi connectivity index (χ3n) is 6.41. The van der Waals surface area contributed by atoms with E-state index in [4.69, 9.17) is 0 Å². The van der Waals surface area contributed by atoms with Gasteiger partial charge in [0.05, 0.1) is 58.7 Å². The molecule has 0 spiro atoms. The molecule has 178 valence electrons. The van der Waals surface area contributed by atoms with Gasteiger partial charge in [-0.25, -0.2) is 4.98 Å². The fraction of sp³-hybridized carbons (Fsp3) is 0.143. The van der Waals surface area contributed by atoms with Crippen LogP contribution < -0.4 is 5.32 Å². The zero-order valence-corrected chi connectivity index (χ0v) is 20.4. The summed E-state index contributed by atoms with van der Waals surface area (Å²) in [5, 5.41) is 13.3. The molecule has 0 aliphatic heterocycles. The number of H-pyrrole nitrogens is 2. The molecule has 0 saturated carbocycles. The molecule has 0 aliphatic carbocycles. The largest absolute Gasteiger partial charge is 0.358 e. The van der Waals surface area contributed by atoms with E-state index in [2.05, 4.69) is 86.2 Å². The van der Waals surface area contributed by atoms with Crippen LogP contribution >= 0.6 is 0 Å². The van der Waals surface area contributed by atoms with Gasteiger partial charge in [-0.15, -0.1) is 0 Å². The van der Waals surface area contributed by atoms with Crippen molar-refractivity contribution in [2.45, 2.75) is 20.8 Å². The zero-order valence-electron chi connectivity index (χ0n) is 20.4. The summed E-state index contributed by atoms with van der Waals surface area (Å²) in [5.41, 5.74) is 9.55.